The zero-order chi connectivity index (χ0) is 15.5. The van der Waals surface area contributed by atoms with E-state index in [1.807, 2.05) is 29.1 Å². The minimum Gasteiger partial charge on any atom is -0.368 e. The Balaban J connectivity index is 1.44. The van der Waals surface area contributed by atoms with E-state index in [4.69, 9.17) is 0 Å². The summed E-state index contributed by atoms with van der Waals surface area (Å²) >= 11 is 0. The molecule has 0 saturated carbocycles. The van der Waals surface area contributed by atoms with Gasteiger partial charge in [0.15, 0.2) is 0 Å². The Hall–Kier alpha value is -2.75. The molecule has 0 atom stereocenters. The summed E-state index contributed by atoms with van der Waals surface area (Å²) in [5, 5.41) is 4.50. The molecular formula is C19H20N4. The number of hydrogen-bond acceptors (Lipinski definition) is 3. The van der Waals surface area contributed by atoms with Gasteiger partial charge in [-0.3, -0.25) is 0 Å². The van der Waals surface area contributed by atoms with E-state index < -0.39 is 0 Å². The molecule has 0 spiro atoms. The van der Waals surface area contributed by atoms with Crippen LogP contribution in [0.15, 0.2) is 73.1 Å². The summed E-state index contributed by atoms with van der Waals surface area (Å²) in [4.78, 5) is 4.85. The fourth-order valence-corrected chi connectivity index (χ4v) is 3.06. The van der Waals surface area contributed by atoms with Crippen LogP contribution in [-0.4, -0.2) is 36.0 Å². The maximum Gasteiger partial charge on any atom is 0.0758 e. The number of rotatable bonds is 3. The van der Waals surface area contributed by atoms with Crippen LogP contribution in [-0.2, 0) is 0 Å². The highest BCUT2D eigenvalue weighted by Gasteiger charge is 2.18. The first kappa shape index (κ1) is 13.9. The highest BCUT2D eigenvalue weighted by molar-refractivity contribution is 5.51. The van der Waals surface area contributed by atoms with E-state index in [0.717, 1.165) is 31.9 Å². The molecule has 4 rings (SSSR count). The molecule has 0 N–H and O–H groups in total. The molecular weight excluding hydrogens is 284 g/mol. The Labute approximate surface area is 136 Å². The molecule has 1 saturated heterocycles. The second-order valence-electron chi connectivity index (χ2n) is 5.79. The summed E-state index contributed by atoms with van der Waals surface area (Å²) in [5.41, 5.74) is 3.61. The Morgan fingerprint density at radius 1 is 0.609 bits per heavy atom. The Morgan fingerprint density at radius 3 is 1.74 bits per heavy atom. The fraction of sp³-hybridized carbons (Fsp3) is 0.211. The van der Waals surface area contributed by atoms with Gasteiger partial charge < -0.3 is 9.80 Å². The first-order chi connectivity index (χ1) is 11.4. The molecule has 4 nitrogen and oxygen atoms in total. The summed E-state index contributed by atoms with van der Waals surface area (Å²) in [5.74, 6) is 0. The van der Waals surface area contributed by atoms with Crippen molar-refractivity contribution >= 4 is 11.4 Å². The van der Waals surface area contributed by atoms with Gasteiger partial charge in [0, 0.05) is 31.9 Å². The first-order valence-electron chi connectivity index (χ1n) is 8.05. The van der Waals surface area contributed by atoms with Crippen LogP contribution in [0.2, 0.25) is 0 Å². The molecule has 3 aromatic rings. The predicted molar refractivity (Wildman–Crippen MR) is 94.4 cm³/mol. The van der Waals surface area contributed by atoms with Crippen LogP contribution in [0.25, 0.3) is 5.69 Å². The van der Waals surface area contributed by atoms with Crippen LogP contribution in [0, 0.1) is 0 Å². The molecule has 4 heteroatoms. The van der Waals surface area contributed by atoms with E-state index in [2.05, 4.69) is 63.6 Å². The average Bonchev–Trinajstić information content (AvgIpc) is 3.14. The minimum atomic E-state index is 1.02. The molecule has 1 fully saturated rings. The molecule has 1 aliphatic rings. The second kappa shape index (κ2) is 6.16. The summed E-state index contributed by atoms with van der Waals surface area (Å²) in [6.07, 6.45) is 4.08. The summed E-state index contributed by atoms with van der Waals surface area (Å²) in [6, 6.07) is 20.9. The maximum atomic E-state index is 4.50. The van der Waals surface area contributed by atoms with Crippen molar-refractivity contribution < 1.29 is 0 Å². The van der Waals surface area contributed by atoms with Crippen LogP contribution >= 0.6 is 0 Å². The van der Waals surface area contributed by atoms with E-state index in [1.54, 1.807) is 0 Å². The van der Waals surface area contributed by atoms with Crippen molar-refractivity contribution in [3.8, 4) is 5.69 Å². The van der Waals surface area contributed by atoms with Gasteiger partial charge in [0.25, 0.3) is 0 Å². The van der Waals surface area contributed by atoms with Gasteiger partial charge in [0.1, 0.15) is 0 Å². The van der Waals surface area contributed by atoms with Crippen molar-refractivity contribution in [1.29, 1.82) is 0 Å². The SMILES string of the molecule is c1ccc(N2CCN(c3cnn(-c4ccccc4)c3)CC2)cc1. The monoisotopic (exact) mass is 304 g/mol. The molecule has 0 radical (unpaired) electrons. The molecule has 23 heavy (non-hydrogen) atoms. The number of nitrogens with zero attached hydrogens (tertiary/aromatic N) is 4. The Bertz CT molecular complexity index is 743. The normalized spacial score (nSPS) is 15.0. The number of hydrogen-bond donors (Lipinski definition) is 0. The molecule has 2 aromatic carbocycles. The smallest absolute Gasteiger partial charge is 0.0758 e. The number of aromatic nitrogens is 2. The summed E-state index contributed by atoms with van der Waals surface area (Å²) < 4.78 is 1.94. The summed E-state index contributed by atoms with van der Waals surface area (Å²) in [6.45, 7) is 4.13. The lowest BCUT2D eigenvalue weighted by molar-refractivity contribution is 0.653. The zero-order valence-electron chi connectivity index (χ0n) is 13.0. The number of benzene rings is 2. The topological polar surface area (TPSA) is 24.3 Å². The van der Waals surface area contributed by atoms with E-state index in [0.29, 0.717) is 0 Å². The van der Waals surface area contributed by atoms with E-state index in [9.17, 15) is 0 Å². The van der Waals surface area contributed by atoms with Crippen LogP contribution in [0.5, 0.6) is 0 Å². The van der Waals surface area contributed by atoms with Gasteiger partial charge in [-0.15, -0.1) is 0 Å². The van der Waals surface area contributed by atoms with Gasteiger partial charge in [0.05, 0.1) is 23.8 Å². The van der Waals surface area contributed by atoms with Gasteiger partial charge in [-0.05, 0) is 24.3 Å². The van der Waals surface area contributed by atoms with Crippen LogP contribution in [0.3, 0.4) is 0 Å². The van der Waals surface area contributed by atoms with Crippen molar-refractivity contribution in [2.24, 2.45) is 0 Å². The molecule has 116 valence electrons. The molecule has 1 aromatic heterocycles. The third-order valence-electron chi connectivity index (χ3n) is 4.36. The third kappa shape index (κ3) is 2.93. The van der Waals surface area contributed by atoms with Crippen molar-refractivity contribution in [3.05, 3.63) is 73.1 Å². The van der Waals surface area contributed by atoms with Crippen molar-refractivity contribution in [2.45, 2.75) is 0 Å². The highest BCUT2D eigenvalue weighted by Crippen LogP contribution is 2.20. The van der Waals surface area contributed by atoms with Gasteiger partial charge >= 0.3 is 0 Å². The highest BCUT2D eigenvalue weighted by atomic mass is 15.3. The fourth-order valence-electron chi connectivity index (χ4n) is 3.06. The number of piperazine rings is 1. The Morgan fingerprint density at radius 2 is 1.13 bits per heavy atom. The van der Waals surface area contributed by atoms with Crippen molar-refractivity contribution in [3.63, 3.8) is 0 Å². The average molecular weight is 304 g/mol. The predicted octanol–water partition coefficient (Wildman–Crippen LogP) is 3.20. The van der Waals surface area contributed by atoms with Gasteiger partial charge in [0.2, 0.25) is 0 Å². The lowest BCUT2D eigenvalue weighted by Gasteiger charge is -2.36. The zero-order valence-corrected chi connectivity index (χ0v) is 13.0. The lowest BCUT2D eigenvalue weighted by atomic mass is 10.2. The molecule has 0 bridgehead atoms. The number of anilines is 2. The summed E-state index contributed by atoms with van der Waals surface area (Å²) in [7, 11) is 0. The largest absolute Gasteiger partial charge is 0.368 e. The molecule has 0 aliphatic carbocycles. The second-order valence-corrected chi connectivity index (χ2v) is 5.79. The molecule has 1 aliphatic heterocycles. The van der Waals surface area contributed by atoms with Crippen LogP contribution in [0.1, 0.15) is 0 Å². The van der Waals surface area contributed by atoms with E-state index in [1.165, 1.54) is 11.4 Å². The first-order valence-corrected chi connectivity index (χ1v) is 8.05. The van der Waals surface area contributed by atoms with Gasteiger partial charge in [-0.25, -0.2) is 4.68 Å². The molecule has 0 amide bonds. The van der Waals surface area contributed by atoms with Crippen molar-refractivity contribution in [1.82, 2.24) is 9.78 Å². The van der Waals surface area contributed by atoms with Gasteiger partial charge in [-0.1, -0.05) is 36.4 Å². The standard InChI is InChI=1S/C19H20N4/c1-3-7-17(8-4-1)21-11-13-22(14-12-21)19-15-20-23(16-19)18-9-5-2-6-10-18/h1-10,15-16H,11-14H2. The maximum absolute atomic E-state index is 4.50. The quantitative estimate of drug-likeness (QED) is 0.742. The van der Waals surface area contributed by atoms with Gasteiger partial charge in [-0.2, -0.15) is 5.10 Å². The van der Waals surface area contributed by atoms with E-state index >= 15 is 0 Å². The number of para-hydroxylation sites is 2. The van der Waals surface area contributed by atoms with E-state index in [-0.39, 0.29) is 0 Å². The van der Waals surface area contributed by atoms with Crippen molar-refractivity contribution in [2.75, 3.05) is 36.0 Å². The molecule has 2 heterocycles. The van der Waals surface area contributed by atoms with Crippen LogP contribution in [0.4, 0.5) is 11.4 Å². The third-order valence-corrected chi connectivity index (χ3v) is 4.36. The Kier molecular flexibility index (Phi) is 3.72. The molecule has 0 unspecified atom stereocenters. The minimum absolute atomic E-state index is 1.02. The lowest BCUT2D eigenvalue weighted by Crippen LogP contribution is -2.46. The van der Waals surface area contributed by atoms with Crippen LogP contribution < -0.4 is 9.80 Å².